The molecule has 3 N–H and O–H groups in total. The van der Waals surface area contributed by atoms with Crippen LogP contribution in [0.4, 0.5) is 11.4 Å². The van der Waals surface area contributed by atoms with Gasteiger partial charge in [0.2, 0.25) is 0 Å². The van der Waals surface area contributed by atoms with Crippen molar-refractivity contribution in [2.45, 2.75) is 32.9 Å². The number of aliphatic hydroxyl groups is 1. The zero-order valence-corrected chi connectivity index (χ0v) is 12.2. The van der Waals surface area contributed by atoms with Crippen molar-refractivity contribution in [2.24, 2.45) is 5.92 Å². The molecule has 0 saturated heterocycles. The third-order valence-electron chi connectivity index (χ3n) is 3.24. The van der Waals surface area contributed by atoms with Crippen LogP contribution in [-0.2, 0) is 6.54 Å². The Hall–Kier alpha value is -1.66. The number of nitro benzene ring substituents is 1. The summed E-state index contributed by atoms with van der Waals surface area (Å²) in [6, 6.07) is 5.13. The number of nitro groups is 1. The third kappa shape index (κ3) is 4.79. The topological polar surface area (TPSA) is 87.4 Å². The van der Waals surface area contributed by atoms with Crippen molar-refractivity contribution in [3.63, 3.8) is 0 Å². The van der Waals surface area contributed by atoms with E-state index in [9.17, 15) is 15.2 Å². The standard InChI is InChI=1S/C14H23N3O3/c1-10(2)14(18)6-7-16-9-11-4-5-12(15-3)13(8-11)17(19)20/h4-5,8,10,14-16,18H,6-7,9H2,1-3H3. The molecule has 0 aliphatic heterocycles. The summed E-state index contributed by atoms with van der Waals surface area (Å²) < 4.78 is 0. The van der Waals surface area contributed by atoms with Crippen LogP contribution >= 0.6 is 0 Å². The fourth-order valence-electron chi connectivity index (χ4n) is 1.87. The van der Waals surface area contributed by atoms with E-state index >= 15 is 0 Å². The Balaban J connectivity index is 2.53. The van der Waals surface area contributed by atoms with Crippen LogP contribution in [0.25, 0.3) is 0 Å². The fraction of sp³-hybridized carbons (Fsp3) is 0.571. The highest BCUT2D eigenvalue weighted by atomic mass is 16.6. The van der Waals surface area contributed by atoms with Crippen LogP contribution in [-0.4, -0.2) is 29.7 Å². The number of anilines is 1. The zero-order chi connectivity index (χ0) is 15.1. The van der Waals surface area contributed by atoms with Gasteiger partial charge >= 0.3 is 0 Å². The van der Waals surface area contributed by atoms with Crippen molar-refractivity contribution in [3.05, 3.63) is 33.9 Å². The normalized spacial score (nSPS) is 12.4. The summed E-state index contributed by atoms with van der Waals surface area (Å²) in [6.07, 6.45) is 0.359. The van der Waals surface area contributed by atoms with E-state index in [2.05, 4.69) is 10.6 Å². The van der Waals surface area contributed by atoms with Crippen LogP contribution in [0.2, 0.25) is 0 Å². The van der Waals surface area contributed by atoms with Gasteiger partial charge in [0.15, 0.2) is 0 Å². The molecule has 1 unspecified atom stereocenters. The number of nitrogens with zero attached hydrogens (tertiary/aromatic N) is 1. The van der Waals surface area contributed by atoms with E-state index in [0.29, 0.717) is 25.2 Å². The second-order valence-corrected chi connectivity index (χ2v) is 5.14. The molecule has 0 aliphatic rings. The summed E-state index contributed by atoms with van der Waals surface area (Å²) in [7, 11) is 1.66. The maximum Gasteiger partial charge on any atom is 0.292 e. The average molecular weight is 281 g/mol. The van der Waals surface area contributed by atoms with Crippen molar-refractivity contribution < 1.29 is 10.0 Å². The van der Waals surface area contributed by atoms with E-state index in [-0.39, 0.29) is 17.7 Å². The quantitative estimate of drug-likeness (QED) is 0.386. The zero-order valence-electron chi connectivity index (χ0n) is 12.2. The maximum absolute atomic E-state index is 10.9. The van der Waals surface area contributed by atoms with Crippen LogP contribution in [0.1, 0.15) is 25.8 Å². The number of hydrogen-bond donors (Lipinski definition) is 3. The van der Waals surface area contributed by atoms with E-state index in [1.807, 2.05) is 19.9 Å². The van der Waals surface area contributed by atoms with Gasteiger partial charge in [-0.05, 0) is 30.5 Å². The lowest BCUT2D eigenvalue weighted by Crippen LogP contribution is -2.23. The van der Waals surface area contributed by atoms with Gasteiger partial charge in [-0.3, -0.25) is 10.1 Å². The van der Waals surface area contributed by atoms with Crippen molar-refractivity contribution in [1.82, 2.24) is 5.32 Å². The van der Waals surface area contributed by atoms with Gasteiger partial charge in [-0.25, -0.2) is 0 Å². The van der Waals surface area contributed by atoms with Gasteiger partial charge < -0.3 is 15.7 Å². The molecule has 6 nitrogen and oxygen atoms in total. The number of nitrogens with one attached hydrogen (secondary N) is 2. The monoisotopic (exact) mass is 281 g/mol. The molecule has 6 heteroatoms. The van der Waals surface area contributed by atoms with E-state index in [4.69, 9.17) is 0 Å². The van der Waals surface area contributed by atoms with Crippen molar-refractivity contribution in [2.75, 3.05) is 18.9 Å². The Bertz CT molecular complexity index is 449. The van der Waals surface area contributed by atoms with Crippen molar-refractivity contribution in [1.29, 1.82) is 0 Å². The molecular formula is C14H23N3O3. The van der Waals surface area contributed by atoms with Crippen molar-refractivity contribution >= 4 is 11.4 Å². The van der Waals surface area contributed by atoms with Crippen LogP contribution in [0.5, 0.6) is 0 Å². The van der Waals surface area contributed by atoms with Gasteiger partial charge in [0.05, 0.1) is 11.0 Å². The molecule has 0 amide bonds. The lowest BCUT2D eigenvalue weighted by atomic mass is 10.0. The first-order chi connectivity index (χ1) is 9.45. The molecule has 112 valence electrons. The summed E-state index contributed by atoms with van der Waals surface area (Å²) in [5.41, 5.74) is 1.44. The fourth-order valence-corrected chi connectivity index (χ4v) is 1.87. The largest absolute Gasteiger partial charge is 0.393 e. The minimum Gasteiger partial charge on any atom is -0.393 e. The van der Waals surface area contributed by atoms with E-state index in [1.54, 1.807) is 19.2 Å². The summed E-state index contributed by atoms with van der Waals surface area (Å²) in [5, 5.41) is 26.6. The van der Waals surface area contributed by atoms with Crippen LogP contribution < -0.4 is 10.6 Å². The summed E-state index contributed by atoms with van der Waals surface area (Å²) in [5.74, 6) is 0.243. The highest BCUT2D eigenvalue weighted by Crippen LogP contribution is 2.24. The molecule has 1 aromatic rings. The Morgan fingerprint density at radius 3 is 2.65 bits per heavy atom. The molecule has 0 aliphatic carbocycles. The number of rotatable bonds is 8. The highest BCUT2D eigenvalue weighted by Gasteiger charge is 2.13. The minimum atomic E-state index is -0.391. The molecular weight excluding hydrogens is 258 g/mol. The summed E-state index contributed by atoms with van der Waals surface area (Å²) in [4.78, 5) is 10.5. The van der Waals surface area contributed by atoms with E-state index < -0.39 is 4.92 Å². The Morgan fingerprint density at radius 1 is 1.40 bits per heavy atom. The average Bonchev–Trinajstić information content (AvgIpc) is 2.42. The highest BCUT2D eigenvalue weighted by molar-refractivity contribution is 5.62. The number of hydrogen-bond acceptors (Lipinski definition) is 5. The first-order valence-electron chi connectivity index (χ1n) is 6.79. The van der Waals surface area contributed by atoms with Gasteiger partial charge in [0, 0.05) is 19.7 Å². The SMILES string of the molecule is CNc1ccc(CNCCC(O)C(C)C)cc1[N+](=O)[O-]. The van der Waals surface area contributed by atoms with Crippen molar-refractivity contribution in [3.8, 4) is 0 Å². The van der Waals surface area contributed by atoms with E-state index in [1.165, 1.54) is 0 Å². The van der Waals surface area contributed by atoms with Crippen LogP contribution in [0, 0.1) is 16.0 Å². The molecule has 0 spiro atoms. The Kier molecular flexibility index (Phi) is 6.41. The van der Waals surface area contributed by atoms with Crippen LogP contribution in [0.15, 0.2) is 18.2 Å². The second-order valence-electron chi connectivity index (χ2n) is 5.14. The minimum absolute atomic E-state index is 0.0778. The molecule has 1 rings (SSSR count). The maximum atomic E-state index is 10.9. The molecule has 0 saturated carbocycles. The van der Waals surface area contributed by atoms with Gasteiger partial charge in [-0.2, -0.15) is 0 Å². The summed E-state index contributed by atoms with van der Waals surface area (Å²) >= 11 is 0. The molecule has 0 aromatic heterocycles. The molecule has 20 heavy (non-hydrogen) atoms. The predicted molar refractivity (Wildman–Crippen MR) is 79.8 cm³/mol. The van der Waals surface area contributed by atoms with Gasteiger partial charge in [0.1, 0.15) is 5.69 Å². The smallest absolute Gasteiger partial charge is 0.292 e. The Labute approximate surface area is 119 Å². The molecule has 0 bridgehead atoms. The Morgan fingerprint density at radius 2 is 2.10 bits per heavy atom. The molecule has 0 heterocycles. The third-order valence-corrected chi connectivity index (χ3v) is 3.24. The van der Waals surface area contributed by atoms with E-state index in [0.717, 1.165) is 5.56 Å². The number of benzene rings is 1. The lowest BCUT2D eigenvalue weighted by molar-refractivity contribution is -0.384. The van der Waals surface area contributed by atoms with Gasteiger partial charge in [-0.1, -0.05) is 19.9 Å². The van der Waals surface area contributed by atoms with Gasteiger partial charge in [0.25, 0.3) is 5.69 Å². The molecule has 1 atom stereocenters. The van der Waals surface area contributed by atoms with Crippen LogP contribution in [0.3, 0.4) is 0 Å². The first kappa shape index (κ1) is 16.4. The summed E-state index contributed by atoms with van der Waals surface area (Å²) in [6.45, 7) is 5.19. The molecule has 1 aromatic carbocycles. The first-order valence-corrected chi connectivity index (χ1v) is 6.79. The number of aliphatic hydroxyl groups excluding tert-OH is 1. The molecule has 0 radical (unpaired) electrons. The second kappa shape index (κ2) is 7.81. The molecule has 0 fully saturated rings. The van der Waals surface area contributed by atoms with Gasteiger partial charge in [-0.15, -0.1) is 0 Å². The predicted octanol–water partition coefficient (Wildman–Crippen LogP) is 2.13. The lowest BCUT2D eigenvalue weighted by Gasteiger charge is -2.14.